The molecule has 0 aromatic heterocycles. The molecule has 28 heavy (non-hydrogen) atoms. The van der Waals surface area contributed by atoms with Crippen LogP contribution in [0, 0.1) is 13.8 Å². The molecule has 0 aliphatic heterocycles. The third kappa shape index (κ3) is 5.33. The summed E-state index contributed by atoms with van der Waals surface area (Å²) in [6.07, 6.45) is 0. The van der Waals surface area contributed by atoms with Crippen molar-refractivity contribution in [2.75, 3.05) is 5.32 Å². The summed E-state index contributed by atoms with van der Waals surface area (Å²) in [6, 6.07) is 19.5. The van der Waals surface area contributed by atoms with E-state index in [1.165, 1.54) is 35.4 Å². The minimum Gasteiger partial charge on any atom is -0.435 e. The topological polar surface area (TPSA) is 38.3 Å². The number of carbonyl (C=O) groups excluding carboxylic acids is 1. The first kappa shape index (κ1) is 19.9. The van der Waals surface area contributed by atoms with E-state index in [0.29, 0.717) is 5.69 Å². The number of hydrogen-bond acceptors (Lipinski definition) is 3. The fourth-order valence-corrected chi connectivity index (χ4v) is 3.45. The highest BCUT2D eigenvalue weighted by atomic mass is 32.2. The second-order valence-electron chi connectivity index (χ2n) is 6.23. The summed E-state index contributed by atoms with van der Waals surface area (Å²) >= 11 is 1.64. The van der Waals surface area contributed by atoms with Crippen LogP contribution >= 0.6 is 11.8 Å². The summed E-state index contributed by atoms with van der Waals surface area (Å²) in [5, 5.41) is 2.76. The molecule has 0 aliphatic carbocycles. The smallest absolute Gasteiger partial charge is 0.387 e. The maximum absolute atomic E-state index is 12.3. The number of benzene rings is 3. The zero-order chi connectivity index (χ0) is 20.1. The van der Waals surface area contributed by atoms with Crippen LogP contribution < -0.4 is 10.1 Å². The number of carbonyl (C=O) groups is 1. The summed E-state index contributed by atoms with van der Waals surface area (Å²) in [4.78, 5) is 14.5. The summed E-state index contributed by atoms with van der Waals surface area (Å²) in [5.74, 6) is -0.447. The van der Waals surface area contributed by atoms with Crippen molar-refractivity contribution in [3.63, 3.8) is 0 Å². The Balaban J connectivity index is 1.65. The fraction of sp³-hybridized carbons (Fsp3) is 0.136. The van der Waals surface area contributed by atoms with Crippen molar-refractivity contribution in [2.24, 2.45) is 0 Å². The Bertz CT molecular complexity index is 975. The predicted octanol–water partition coefficient (Wildman–Crippen LogP) is 6.31. The molecule has 0 aliphatic rings. The number of ether oxygens (including phenoxy) is 1. The standard InChI is InChI=1S/C22H19F2NO2S/c1-14-6-9-20(12-15(14)2)28-19-10-7-17(8-11-19)25-21(26)16-4-3-5-18(13-16)27-22(23)24/h3-13,22H,1-2H3,(H,25,26). The number of hydrogen-bond donors (Lipinski definition) is 1. The van der Waals surface area contributed by atoms with Gasteiger partial charge in [0.15, 0.2) is 0 Å². The molecule has 0 saturated carbocycles. The lowest BCUT2D eigenvalue weighted by molar-refractivity contribution is -0.0498. The van der Waals surface area contributed by atoms with Gasteiger partial charge in [0, 0.05) is 21.0 Å². The van der Waals surface area contributed by atoms with Crippen molar-refractivity contribution in [2.45, 2.75) is 30.2 Å². The van der Waals surface area contributed by atoms with Crippen LogP contribution in [-0.2, 0) is 0 Å². The molecule has 1 amide bonds. The van der Waals surface area contributed by atoms with Crippen LogP contribution in [0.3, 0.4) is 0 Å². The van der Waals surface area contributed by atoms with Gasteiger partial charge in [0.1, 0.15) is 5.75 Å². The van der Waals surface area contributed by atoms with Crippen molar-refractivity contribution < 1.29 is 18.3 Å². The van der Waals surface area contributed by atoms with Gasteiger partial charge in [-0.25, -0.2) is 0 Å². The Kier molecular flexibility index (Phi) is 6.31. The lowest BCUT2D eigenvalue weighted by Gasteiger charge is -2.09. The Hall–Kier alpha value is -2.86. The van der Waals surface area contributed by atoms with Crippen molar-refractivity contribution in [1.29, 1.82) is 0 Å². The van der Waals surface area contributed by atoms with Crippen LogP contribution in [0.2, 0.25) is 0 Å². The summed E-state index contributed by atoms with van der Waals surface area (Å²) in [7, 11) is 0. The molecule has 0 bridgehead atoms. The van der Waals surface area contributed by atoms with Gasteiger partial charge in [-0.2, -0.15) is 8.78 Å². The number of rotatable bonds is 6. The SMILES string of the molecule is Cc1ccc(Sc2ccc(NC(=O)c3cccc(OC(F)F)c3)cc2)cc1C. The third-order valence-corrected chi connectivity index (χ3v) is 5.15. The van der Waals surface area contributed by atoms with Gasteiger partial charge >= 0.3 is 6.61 Å². The molecule has 144 valence electrons. The maximum atomic E-state index is 12.3. The van der Waals surface area contributed by atoms with Crippen molar-refractivity contribution in [1.82, 2.24) is 0 Å². The molecule has 0 radical (unpaired) electrons. The van der Waals surface area contributed by atoms with Crippen molar-refractivity contribution >= 4 is 23.4 Å². The number of anilines is 1. The average molecular weight is 399 g/mol. The highest BCUT2D eigenvalue weighted by Crippen LogP contribution is 2.30. The molecular formula is C22H19F2NO2S. The molecule has 0 atom stereocenters. The summed E-state index contributed by atoms with van der Waals surface area (Å²) in [6.45, 7) is 1.23. The third-order valence-electron chi connectivity index (χ3n) is 4.15. The van der Waals surface area contributed by atoms with Gasteiger partial charge in [-0.3, -0.25) is 4.79 Å². The van der Waals surface area contributed by atoms with Gasteiger partial charge in [0.2, 0.25) is 0 Å². The molecule has 3 rings (SSSR count). The summed E-state index contributed by atoms with van der Waals surface area (Å²) in [5.41, 5.74) is 3.36. The fourth-order valence-electron chi connectivity index (χ4n) is 2.54. The largest absolute Gasteiger partial charge is 0.435 e. The second-order valence-corrected chi connectivity index (χ2v) is 7.38. The molecule has 0 saturated heterocycles. The van der Waals surface area contributed by atoms with E-state index in [1.807, 2.05) is 12.1 Å². The van der Waals surface area contributed by atoms with Gasteiger partial charge in [0.25, 0.3) is 5.91 Å². The average Bonchev–Trinajstić information content (AvgIpc) is 2.66. The molecule has 0 fully saturated rings. The Morgan fingerprint density at radius 3 is 2.32 bits per heavy atom. The van der Waals surface area contributed by atoms with E-state index >= 15 is 0 Å². The van der Waals surface area contributed by atoms with Crippen LogP contribution in [0.15, 0.2) is 76.5 Å². The number of halogens is 2. The van der Waals surface area contributed by atoms with Crippen molar-refractivity contribution in [3.05, 3.63) is 83.4 Å². The van der Waals surface area contributed by atoms with E-state index in [2.05, 4.69) is 42.1 Å². The minimum absolute atomic E-state index is 0.0530. The lowest BCUT2D eigenvalue weighted by atomic mass is 10.1. The molecule has 6 heteroatoms. The van der Waals surface area contributed by atoms with E-state index in [9.17, 15) is 13.6 Å². The Morgan fingerprint density at radius 2 is 1.64 bits per heavy atom. The lowest BCUT2D eigenvalue weighted by Crippen LogP contribution is -2.12. The second kappa shape index (κ2) is 8.89. The van der Waals surface area contributed by atoms with Gasteiger partial charge in [-0.15, -0.1) is 0 Å². The van der Waals surface area contributed by atoms with E-state index in [1.54, 1.807) is 23.9 Å². The van der Waals surface area contributed by atoms with Crippen LogP contribution in [0.25, 0.3) is 0 Å². The monoisotopic (exact) mass is 399 g/mol. The van der Waals surface area contributed by atoms with E-state index < -0.39 is 12.5 Å². The van der Waals surface area contributed by atoms with Crippen LogP contribution in [-0.4, -0.2) is 12.5 Å². The van der Waals surface area contributed by atoms with Gasteiger partial charge in [-0.05, 0) is 79.6 Å². The zero-order valence-electron chi connectivity index (χ0n) is 15.4. The molecule has 3 aromatic carbocycles. The first-order chi connectivity index (χ1) is 13.4. The molecular weight excluding hydrogens is 380 g/mol. The van der Waals surface area contributed by atoms with Gasteiger partial charge in [0.05, 0.1) is 0 Å². The predicted molar refractivity (Wildman–Crippen MR) is 108 cm³/mol. The van der Waals surface area contributed by atoms with E-state index in [4.69, 9.17) is 0 Å². The number of amides is 1. The van der Waals surface area contributed by atoms with E-state index in [-0.39, 0.29) is 11.3 Å². The molecule has 0 unspecified atom stereocenters. The van der Waals surface area contributed by atoms with Crippen LogP contribution in [0.1, 0.15) is 21.5 Å². The Labute approximate surface area is 166 Å². The van der Waals surface area contributed by atoms with Gasteiger partial charge < -0.3 is 10.1 Å². The number of aryl methyl sites for hydroxylation is 2. The van der Waals surface area contributed by atoms with Crippen LogP contribution in [0.4, 0.5) is 14.5 Å². The minimum atomic E-state index is -2.93. The zero-order valence-corrected chi connectivity index (χ0v) is 16.2. The molecule has 0 spiro atoms. The number of alkyl halides is 2. The molecule has 3 aromatic rings. The summed E-state index contributed by atoms with van der Waals surface area (Å²) < 4.78 is 28.9. The number of nitrogens with one attached hydrogen (secondary N) is 1. The maximum Gasteiger partial charge on any atom is 0.387 e. The molecule has 0 heterocycles. The highest BCUT2D eigenvalue weighted by Gasteiger charge is 2.10. The molecule has 3 nitrogen and oxygen atoms in total. The van der Waals surface area contributed by atoms with Gasteiger partial charge in [-0.1, -0.05) is 23.9 Å². The highest BCUT2D eigenvalue weighted by molar-refractivity contribution is 7.99. The first-order valence-electron chi connectivity index (χ1n) is 8.62. The van der Waals surface area contributed by atoms with Crippen LogP contribution in [0.5, 0.6) is 5.75 Å². The normalized spacial score (nSPS) is 10.8. The quantitative estimate of drug-likeness (QED) is 0.528. The van der Waals surface area contributed by atoms with E-state index in [0.717, 1.165) is 9.79 Å². The van der Waals surface area contributed by atoms with Crippen molar-refractivity contribution in [3.8, 4) is 5.75 Å². The Morgan fingerprint density at radius 1 is 0.929 bits per heavy atom. The molecule has 1 N–H and O–H groups in total. The first-order valence-corrected chi connectivity index (χ1v) is 9.44.